The van der Waals surface area contributed by atoms with Crippen LogP contribution in [0, 0.1) is 0 Å². The monoisotopic (exact) mass is 276 g/mol. The molecule has 1 unspecified atom stereocenters. The van der Waals surface area contributed by atoms with Crippen molar-refractivity contribution in [3.63, 3.8) is 0 Å². The summed E-state index contributed by atoms with van der Waals surface area (Å²) in [5.74, 6) is -0.847. The van der Waals surface area contributed by atoms with E-state index in [9.17, 15) is 9.59 Å². The maximum atomic E-state index is 11.8. The Labute approximate surface area is 118 Å². The van der Waals surface area contributed by atoms with Gasteiger partial charge in [-0.3, -0.25) is 9.59 Å². The van der Waals surface area contributed by atoms with Gasteiger partial charge in [0.1, 0.15) is 0 Å². The van der Waals surface area contributed by atoms with Crippen LogP contribution in [-0.2, 0) is 22.6 Å². The average Bonchev–Trinajstić information content (AvgIpc) is 3.20. The first-order chi connectivity index (χ1) is 9.56. The van der Waals surface area contributed by atoms with E-state index >= 15 is 0 Å². The Kier molecular flexibility index (Phi) is 4.74. The van der Waals surface area contributed by atoms with Gasteiger partial charge in [0.15, 0.2) is 0 Å². The van der Waals surface area contributed by atoms with Crippen LogP contribution in [0.4, 0.5) is 0 Å². The lowest BCUT2D eigenvalue weighted by Crippen LogP contribution is -2.42. The summed E-state index contributed by atoms with van der Waals surface area (Å²) in [6.45, 7) is 2.31. The largest absolute Gasteiger partial charge is 0.481 e. The number of rotatable bonds is 7. The molecule has 20 heavy (non-hydrogen) atoms. The lowest BCUT2D eigenvalue weighted by Gasteiger charge is -2.15. The summed E-state index contributed by atoms with van der Waals surface area (Å²) >= 11 is 0. The minimum absolute atomic E-state index is 0.000501. The number of nitrogens with one attached hydrogen (secondary N) is 2. The minimum Gasteiger partial charge on any atom is -0.481 e. The molecule has 108 valence electrons. The highest BCUT2D eigenvalue weighted by molar-refractivity contribution is 5.81. The third-order valence-corrected chi connectivity index (χ3v) is 3.38. The normalized spacial score (nSPS) is 15.7. The summed E-state index contributed by atoms with van der Waals surface area (Å²) in [6.07, 6.45) is 2.14. The molecule has 1 aromatic rings. The second-order valence-corrected chi connectivity index (χ2v) is 5.22. The number of carboxylic acids is 1. The number of benzene rings is 1. The average molecular weight is 276 g/mol. The molecule has 1 aliphatic carbocycles. The van der Waals surface area contributed by atoms with Gasteiger partial charge in [0, 0.05) is 12.6 Å². The summed E-state index contributed by atoms with van der Waals surface area (Å²) in [5.41, 5.74) is 1.70. The van der Waals surface area contributed by atoms with Crippen LogP contribution >= 0.6 is 0 Å². The SMILES string of the molecule is CC(NCc1ccccc1CC(=O)O)C(=O)NC1CC1. The van der Waals surface area contributed by atoms with Crippen LogP contribution in [0.15, 0.2) is 24.3 Å². The number of carbonyl (C=O) groups excluding carboxylic acids is 1. The predicted octanol–water partition coefficient (Wildman–Crippen LogP) is 1.07. The van der Waals surface area contributed by atoms with Gasteiger partial charge >= 0.3 is 5.97 Å². The number of carboxylic acid groups (broad SMARTS) is 1. The maximum Gasteiger partial charge on any atom is 0.307 e. The van der Waals surface area contributed by atoms with Crippen molar-refractivity contribution in [2.45, 2.75) is 44.8 Å². The van der Waals surface area contributed by atoms with E-state index in [-0.39, 0.29) is 18.4 Å². The standard InChI is InChI=1S/C15H20N2O3/c1-10(15(20)17-13-6-7-13)16-9-12-5-3-2-4-11(12)8-14(18)19/h2-5,10,13,16H,6-9H2,1H3,(H,17,20)(H,18,19). The Balaban J connectivity index is 1.89. The van der Waals surface area contributed by atoms with Crippen molar-refractivity contribution in [3.05, 3.63) is 35.4 Å². The number of amides is 1. The number of carbonyl (C=O) groups is 2. The van der Waals surface area contributed by atoms with E-state index < -0.39 is 5.97 Å². The Morgan fingerprint density at radius 3 is 2.55 bits per heavy atom. The zero-order chi connectivity index (χ0) is 14.5. The van der Waals surface area contributed by atoms with Crippen LogP contribution in [0.1, 0.15) is 30.9 Å². The van der Waals surface area contributed by atoms with Gasteiger partial charge < -0.3 is 15.7 Å². The van der Waals surface area contributed by atoms with E-state index in [4.69, 9.17) is 5.11 Å². The van der Waals surface area contributed by atoms with Crippen LogP contribution in [0.2, 0.25) is 0 Å². The molecule has 5 heteroatoms. The first-order valence-corrected chi connectivity index (χ1v) is 6.88. The van der Waals surface area contributed by atoms with E-state index in [2.05, 4.69) is 10.6 Å². The van der Waals surface area contributed by atoms with Crippen molar-refractivity contribution in [3.8, 4) is 0 Å². The summed E-state index contributed by atoms with van der Waals surface area (Å²) in [6, 6.07) is 7.46. The molecule has 0 aliphatic heterocycles. The van der Waals surface area contributed by atoms with Gasteiger partial charge in [-0.25, -0.2) is 0 Å². The zero-order valence-corrected chi connectivity index (χ0v) is 11.6. The van der Waals surface area contributed by atoms with Gasteiger partial charge in [0.2, 0.25) is 5.91 Å². The quantitative estimate of drug-likeness (QED) is 0.696. The number of hydrogen-bond donors (Lipinski definition) is 3. The first-order valence-electron chi connectivity index (χ1n) is 6.88. The molecular weight excluding hydrogens is 256 g/mol. The zero-order valence-electron chi connectivity index (χ0n) is 11.6. The maximum absolute atomic E-state index is 11.8. The minimum atomic E-state index is -0.850. The second kappa shape index (κ2) is 6.52. The molecule has 1 atom stereocenters. The molecule has 0 aromatic heterocycles. The van der Waals surface area contributed by atoms with Crippen molar-refractivity contribution in [1.82, 2.24) is 10.6 Å². The number of hydrogen-bond acceptors (Lipinski definition) is 3. The summed E-state index contributed by atoms with van der Waals surface area (Å²) in [5, 5.41) is 15.0. The Morgan fingerprint density at radius 1 is 1.30 bits per heavy atom. The second-order valence-electron chi connectivity index (χ2n) is 5.22. The molecule has 1 aromatic carbocycles. The van der Waals surface area contributed by atoms with E-state index in [0.29, 0.717) is 12.6 Å². The predicted molar refractivity (Wildman–Crippen MR) is 75.2 cm³/mol. The van der Waals surface area contributed by atoms with Gasteiger partial charge in [0.25, 0.3) is 0 Å². The molecule has 1 amide bonds. The van der Waals surface area contributed by atoms with E-state index in [0.717, 1.165) is 24.0 Å². The third-order valence-electron chi connectivity index (χ3n) is 3.38. The molecule has 3 N–H and O–H groups in total. The lowest BCUT2D eigenvalue weighted by molar-refractivity contribution is -0.136. The molecule has 0 saturated heterocycles. The van der Waals surface area contributed by atoms with Crippen LogP contribution in [0.3, 0.4) is 0 Å². The van der Waals surface area contributed by atoms with Crippen molar-refractivity contribution in [2.75, 3.05) is 0 Å². The van der Waals surface area contributed by atoms with Gasteiger partial charge in [0.05, 0.1) is 12.5 Å². The van der Waals surface area contributed by atoms with Gasteiger partial charge in [-0.1, -0.05) is 24.3 Å². The van der Waals surface area contributed by atoms with E-state index in [1.807, 2.05) is 25.1 Å². The molecule has 1 fully saturated rings. The Morgan fingerprint density at radius 2 is 1.95 bits per heavy atom. The molecule has 1 aliphatic rings. The number of aliphatic carboxylic acids is 1. The Hall–Kier alpha value is -1.88. The summed E-state index contributed by atoms with van der Waals surface area (Å²) in [7, 11) is 0. The lowest BCUT2D eigenvalue weighted by atomic mass is 10.0. The van der Waals surface area contributed by atoms with Crippen molar-refractivity contribution >= 4 is 11.9 Å². The fourth-order valence-corrected chi connectivity index (χ4v) is 1.97. The van der Waals surface area contributed by atoms with Crippen LogP contribution in [0.25, 0.3) is 0 Å². The molecular formula is C15H20N2O3. The van der Waals surface area contributed by atoms with Gasteiger partial charge in [-0.05, 0) is 30.9 Å². The molecule has 0 bridgehead atoms. The fourth-order valence-electron chi connectivity index (χ4n) is 1.97. The molecule has 0 radical (unpaired) electrons. The molecule has 2 rings (SSSR count). The molecule has 0 heterocycles. The first kappa shape index (κ1) is 14.5. The smallest absolute Gasteiger partial charge is 0.307 e. The Bertz CT molecular complexity index is 498. The molecule has 1 saturated carbocycles. The fraction of sp³-hybridized carbons (Fsp3) is 0.467. The summed E-state index contributed by atoms with van der Waals surface area (Å²) < 4.78 is 0. The highest BCUT2D eigenvalue weighted by atomic mass is 16.4. The van der Waals surface area contributed by atoms with Gasteiger partial charge in [-0.15, -0.1) is 0 Å². The highest BCUT2D eigenvalue weighted by Gasteiger charge is 2.25. The van der Waals surface area contributed by atoms with Crippen molar-refractivity contribution in [1.29, 1.82) is 0 Å². The van der Waals surface area contributed by atoms with Crippen molar-refractivity contribution < 1.29 is 14.7 Å². The summed E-state index contributed by atoms with van der Waals surface area (Å²) in [4.78, 5) is 22.6. The third kappa shape index (κ3) is 4.35. The van der Waals surface area contributed by atoms with E-state index in [1.165, 1.54) is 0 Å². The van der Waals surface area contributed by atoms with Crippen LogP contribution in [0.5, 0.6) is 0 Å². The topological polar surface area (TPSA) is 78.4 Å². The van der Waals surface area contributed by atoms with Crippen LogP contribution in [-0.4, -0.2) is 29.1 Å². The molecule has 5 nitrogen and oxygen atoms in total. The van der Waals surface area contributed by atoms with Crippen LogP contribution < -0.4 is 10.6 Å². The van der Waals surface area contributed by atoms with E-state index in [1.54, 1.807) is 6.07 Å². The van der Waals surface area contributed by atoms with Crippen molar-refractivity contribution in [2.24, 2.45) is 0 Å². The highest BCUT2D eigenvalue weighted by Crippen LogP contribution is 2.18. The van der Waals surface area contributed by atoms with Gasteiger partial charge in [-0.2, -0.15) is 0 Å². The molecule has 0 spiro atoms.